The molecule has 3 aromatic rings. The van der Waals surface area contributed by atoms with Gasteiger partial charge in [-0.05, 0) is 30.7 Å². The Hall–Kier alpha value is -3.04. The summed E-state index contributed by atoms with van der Waals surface area (Å²) in [7, 11) is 0. The number of fused-ring (bicyclic) bond motifs is 1. The molecular formula is C18H18N4O4S. The highest BCUT2D eigenvalue weighted by Gasteiger charge is 2.19. The van der Waals surface area contributed by atoms with Crippen LogP contribution >= 0.6 is 11.3 Å². The number of hydrogen-bond donors (Lipinski definition) is 4. The monoisotopic (exact) mass is 386 g/mol. The Bertz CT molecular complexity index is 971. The molecule has 8 nitrogen and oxygen atoms in total. The summed E-state index contributed by atoms with van der Waals surface area (Å²) in [5.74, 6) is -1.09. The van der Waals surface area contributed by atoms with E-state index in [1.807, 2.05) is 13.0 Å². The maximum Gasteiger partial charge on any atom is 0.328 e. The van der Waals surface area contributed by atoms with Crippen molar-refractivity contribution in [3.63, 3.8) is 0 Å². The summed E-state index contributed by atoms with van der Waals surface area (Å²) in [6, 6.07) is 7.46. The van der Waals surface area contributed by atoms with Crippen LogP contribution in [0.25, 0.3) is 10.2 Å². The number of aliphatic hydroxyl groups excluding tert-OH is 1. The molecule has 4 N–H and O–H groups in total. The highest BCUT2D eigenvalue weighted by molar-refractivity contribution is 7.18. The number of anilines is 1. The van der Waals surface area contributed by atoms with Gasteiger partial charge in [-0.15, -0.1) is 11.3 Å². The molecule has 0 aliphatic heterocycles. The molecule has 0 saturated heterocycles. The topological polar surface area (TPSA) is 124 Å². The summed E-state index contributed by atoms with van der Waals surface area (Å²) in [6.07, 6.45) is 1.52. The van der Waals surface area contributed by atoms with Crippen molar-refractivity contribution in [1.82, 2.24) is 15.3 Å². The molecule has 1 amide bonds. The first-order valence-corrected chi connectivity index (χ1v) is 8.98. The zero-order valence-corrected chi connectivity index (χ0v) is 15.3. The van der Waals surface area contributed by atoms with E-state index in [1.54, 1.807) is 35.6 Å². The van der Waals surface area contributed by atoms with Gasteiger partial charge in [0.1, 0.15) is 17.0 Å². The summed E-state index contributed by atoms with van der Waals surface area (Å²) in [5, 5.41) is 24.4. The Morgan fingerprint density at radius 2 is 1.96 bits per heavy atom. The standard InChI is InChI=1S/C18H18N4O4S/c1-10-6-13-15(20-9-21-17(13)27-10)19-7-11-2-4-12(5-3-11)16(24)22-14(8-23)18(25)26/h2-6,9,14,23H,7-8H2,1H3,(H,22,24)(H,25,26)(H,19,20,21). The van der Waals surface area contributed by atoms with E-state index in [1.165, 1.54) is 6.33 Å². The minimum atomic E-state index is -1.33. The van der Waals surface area contributed by atoms with Gasteiger partial charge in [-0.1, -0.05) is 12.1 Å². The average Bonchev–Trinajstić information content (AvgIpc) is 3.05. The second kappa shape index (κ2) is 8.11. The molecule has 1 atom stereocenters. The van der Waals surface area contributed by atoms with Gasteiger partial charge < -0.3 is 20.8 Å². The molecule has 2 heterocycles. The number of aliphatic carboxylic acids is 1. The summed E-state index contributed by atoms with van der Waals surface area (Å²) in [6.45, 7) is 1.86. The fourth-order valence-electron chi connectivity index (χ4n) is 2.50. The molecule has 0 bridgehead atoms. The van der Waals surface area contributed by atoms with Gasteiger partial charge in [-0.25, -0.2) is 14.8 Å². The van der Waals surface area contributed by atoms with Crippen LogP contribution in [0.5, 0.6) is 0 Å². The molecule has 0 fully saturated rings. The molecule has 0 spiro atoms. The van der Waals surface area contributed by atoms with Crippen molar-refractivity contribution in [2.24, 2.45) is 0 Å². The van der Waals surface area contributed by atoms with Crippen molar-refractivity contribution in [2.75, 3.05) is 11.9 Å². The molecule has 27 heavy (non-hydrogen) atoms. The van der Waals surface area contributed by atoms with Crippen LogP contribution in [-0.4, -0.2) is 44.7 Å². The number of carbonyl (C=O) groups is 2. The third-order valence-corrected chi connectivity index (χ3v) is 4.87. The van der Waals surface area contributed by atoms with E-state index < -0.39 is 24.5 Å². The minimum absolute atomic E-state index is 0.316. The Morgan fingerprint density at radius 1 is 1.22 bits per heavy atom. The first-order valence-electron chi connectivity index (χ1n) is 8.16. The maximum atomic E-state index is 12.0. The number of nitrogens with one attached hydrogen (secondary N) is 2. The largest absolute Gasteiger partial charge is 0.480 e. The third-order valence-electron chi connectivity index (χ3n) is 3.91. The quantitative estimate of drug-likeness (QED) is 0.488. The van der Waals surface area contributed by atoms with Gasteiger partial charge in [0.25, 0.3) is 5.91 Å². The minimum Gasteiger partial charge on any atom is -0.480 e. The van der Waals surface area contributed by atoms with Gasteiger partial charge in [0.2, 0.25) is 0 Å². The summed E-state index contributed by atoms with van der Waals surface area (Å²) in [5.41, 5.74) is 1.25. The third kappa shape index (κ3) is 4.39. The normalized spacial score (nSPS) is 11.9. The molecule has 2 aromatic heterocycles. The van der Waals surface area contributed by atoms with Gasteiger partial charge in [0.15, 0.2) is 6.04 Å². The van der Waals surface area contributed by atoms with E-state index in [-0.39, 0.29) is 0 Å². The number of rotatable bonds is 7. The molecule has 0 saturated carbocycles. The smallest absolute Gasteiger partial charge is 0.328 e. The van der Waals surface area contributed by atoms with Gasteiger partial charge >= 0.3 is 5.97 Å². The Labute approximate surface area is 158 Å². The maximum absolute atomic E-state index is 12.0. The van der Waals surface area contributed by atoms with E-state index in [2.05, 4.69) is 20.6 Å². The second-order valence-corrected chi connectivity index (χ2v) is 7.13. The predicted molar refractivity (Wildman–Crippen MR) is 102 cm³/mol. The number of carboxylic acid groups (broad SMARTS) is 1. The Morgan fingerprint density at radius 3 is 2.63 bits per heavy atom. The summed E-state index contributed by atoms with van der Waals surface area (Å²) >= 11 is 1.61. The fourth-order valence-corrected chi connectivity index (χ4v) is 3.35. The van der Waals surface area contributed by atoms with Crippen LogP contribution in [0, 0.1) is 6.92 Å². The lowest BCUT2D eigenvalue weighted by atomic mass is 10.1. The number of thiophene rings is 1. The molecular weight excluding hydrogens is 368 g/mol. The fraction of sp³-hybridized carbons (Fsp3) is 0.222. The lowest BCUT2D eigenvalue weighted by Crippen LogP contribution is -2.43. The second-order valence-electron chi connectivity index (χ2n) is 5.90. The number of nitrogens with zero attached hydrogens (tertiary/aromatic N) is 2. The Balaban J connectivity index is 1.65. The van der Waals surface area contributed by atoms with Gasteiger partial charge in [-0.2, -0.15) is 0 Å². The molecule has 140 valence electrons. The number of aliphatic hydroxyl groups is 1. The number of hydrogen-bond acceptors (Lipinski definition) is 7. The first kappa shape index (κ1) is 18.7. The number of benzene rings is 1. The number of carboxylic acids is 1. The van der Waals surface area contributed by atoms with Crippen LogP contribution < -0.4 is 10.6 Å². The van der Waals surface area contributed by atoms with Crippen molar-refractivity contribution in [3.05, 3.63) is 52.7 Å². The van der Waals surface area contributed by atoms with Crippen LogP contribution in [0.1, 0.15) is 20.8 Å². The van der Waals surface area contributed by atoms with Crippen LogP contribution in [0.3, 0.4) is 0 Å². The van der Waals surface area contributed by atoms with Gasteiger partial charge in [0, 0.05) is 17.0 Å². The van der Waals surface area contributed by atoms with E-state index >= 15 is 0 Å². The zero-order valence-electron chi connectivity index (χ0n) is 14.5. The number of carbonyl (C=O) groups excluding carboxylic acids is 1. The van der Waals surface area contributed by atoms with Crippen LogP contribution in [0.4, 0.5) is 5.82 Å². The van der Waals surface area contributed by atoms with Gasteiger partial charge in [-0.3, -0.25) is 4.79 Å². The average molecular weight is 386 g/mol. The van der Waals surface area contributed by atoms with E-state index in [9.17, 15) is 9.59 Å². The lowest BCUT2D eigenvalue weighted by Gasteiger charge is -2.12. The molecule has 0 radical (unpaired) electrons. The van der Waals surface area contributed by atoms with Crippen LogP contribution in [-0.2, 0) is 11.3 Å². The van der Waals surface area contributed by atoms with Crippen molar-refractivity contribution in [1.29, 1.82) is 0 Å². The highest BCUT2D eigenvalue weighted by atomic mass is 32.1. The predicted octanol–water partition coefficient (Wildman–Crippen LogP) is 1.79. The van der Waals surface area contributed by atoms with E-state index in [4.69, 9.17) is 10.2 Å². The molecule has 0 aliphatic carbocycles. The lowest BCUT2D eigenvalue weighted by molar-refractivity contribution is -0.140. The van der Waals surface area contributed by atoms with Crippen molar-refractivity contribution in [3.8, 4) is 0 Å². The molecule has 3 rings (SSSR count). The molecule has 1 aromatic carbocycles. The van der Waals surface area contributed by atoms with E-state index in [0.717, 1.165) is 26.5 Å². The van der Waals surface area contributed by atoms with Crippen molar-refractivity contribution >= 4 is 39.2 Å². The number of aryl methyl sites for hydroxylation is 1. The highest BCUT2D eigenvalue weighted by Crippen LogP contribution is 2.27. The summed E-state index contributed by atoms with van der Waals surface area (Å²) in [4.78, 5) is 33.5. The zero-order chi connectivity index (χ0) is 19.4. The van der Waals surface area contributed by atoms with Crippen LogP contribution in [0.15, 0.2) is 36.7 Å². The van der Waals surface area contributed by atoms with Crippen molar-refractivity contribution < 1.29 is 19.8 Å². The summed E-state index contributed by atoms with van der Waals surface area (Å²) < 4.78 is 0. The van der Waals surface area contributed by atoms with Crippen LogP contribution in [0.2, 0.25) is 0 Å². The van der Waals surface area contributed by atoms with E-state index in [0.29, 0.717) is 12.1 Å². The number of amides is 1. The SMILES string of the molecule is Cc1cc2c(NCc3ccc(C(=O)NC(CO)C(=O)O)cc3)ncnc2s1. The first-order chi connectivity index (χ1) is 13.0. The van der Waals surface area contributed by atoms with Gasteiger partial charge in [0.05, 0.1) is 12.0 Å². The molecule has 9 heteroatoms. The Kier molecular flexibility index (Phi) is 5.63. The molecule has 1 unspecified atom stereocenters. The molecule has 0 aliphatic rings. The van der Waals surface area contributed by atoms with Crippen molar-refractivity contribution in [2.45, 2.75) is 19.5 Å². The number of aromatic nitrogens is 2.